The van der Waals surface area contributed by atoms with Crippen LogP contribution in [0.3, 0.4) is 0 Å². The predicted octanol–water partition coefficient (Wildman–Crippen LogP) is 3.07. The predicted molar refractivity (Wildman–Crippen MR) is 60.4 cm³/mol. The first-order valence-corrected chi connectivity index (χ1v) is 5.90. The maximum atomic E-state index is 3.26. The van der Waals surface area contributed by atoms with E-state index in [0.29, 0.717) is 6.04 Å². The van der Waals surface area contributed by atoms with Crippen molar-refractivity contribution in [3.8, 4) is 0 Å². The molecule has 13 heavy (non-hydrogen) atoms. The van der Waals surface area contributed by atoms with Crippen LogP contribution in [0.5, 0.6) is 0 Å². The molecule has 0 aliphatic heterocycles. The molecule has 1 heterocycles. The zero-order chi connectivity index (χ0) is 9.52. The van der Waals surface area contributed by atoms with E-state index in [2.05, 4.69) is 29.8 Å². The van der Waals surface area contributed by atoms with Crippen LogP contribution in [-0.4, -0.2) is 13.1 Å². The number of rotatable bonds is 6. The minimum atomic E-state index is 0.670. The summed E-state index contributed by atoms with van der Waals surface area (Å²) in [6.07, 6.45) is 5.21. The molecular weight excluding hydrogens is 178 g/mol. The monoisotopic (exact) mass is 197 g/mol. The summed E-state index contributed by atoms with van der Waals surface area (Å²) in [5.74, 6) is 0. The summed E-state index contributed by atoms with van der Waals surface area (Å²) >= 11 is 1.87. The maximum Gasteiger partial charge on any atom is 0.00452 e. The second-order valence-electron chi connectivity index (χ2n) is 3.51. The molecule has 1 nitrogen and oxygen atoms in total. The standard InChI is InChI=1S/C11H19NS/c1-10(12-2)6-3-4-7-11-8-5-9-13-11/h5,8-10,12H,3-4,6-7H2,1-2H3. The Morgan fingerprint density at radius 3 is 2.92 bits per heavy atom. The van der Waals surface area contributed by atoms with E-state index in [1.54, 1.807) is 0 Å². The molecule has 0 saturated carbocycles. The third kappa shape index (κ3) is 4.44. The van der Waals surface area contributed by atoms with Gasteiger partial charge >= 0.3 is 0 Å². The van der Waals surface area contributed by atoms with Crippen molar-refractivity contribution in [1.82, 2.24) is 5.32 Å². The van der Waals surface area contributed by atoms with Crippen LogP contribution < -0.4 is 5.32 Å². The molecule has 0 amide bonds. The Kier molecular flexibility index (Phi) is 5.09. The van der Waals surface area contributed by atoms with Crippen molar-refractivity contribution in [2.24, 2.45) is 0 Å². The first-order valence-electron chi connectivity index (χ1n) is 5.02. The van der Waals surface area contributed by atoms with Crippen molar-refractivity contribution in [3.05, 3.63) is 22.4 Å². The van der Waals surface area contributed by atoms with Crippen LogP contribution in [0.25, 0.3) is 0 Å². The zero-order valence-electron chi connectivity index (χ0n) is 8.55. The molecule has 1 rings (SSSR count). The van der Waals surface area contributed by atoms with Crippen LogP contribution in [-0.2, 0) is 6.42 Å². The maximum absolute atomic E-state index is 3.26. The fraction of sp³-hybridized carbons (Fsp3) is 0.636. The van der Waals surface area contributed by atoms with Gasteiger partial charge in [-0.2, -0.15) is 0 Å². The minimum absolute atomic E-state index is 0.670. The molecule has 0 spiro atoms. The average Bonchev–Trinajstić information content (AvgIpc) is 2.64. The Morgan fingerprint density at radius 2 is 2.31 bits per heavy atom. The molecule has 0 aromatic carbocycles. The molecule has 0 fully saturated rings. The fourth-order valence-corrected chi connectivity index (χ4v) is 2.10. The van der Waals surface area contributed by atoms with Gasteiger partial charge in [-0.3, -0.25) is 0 Å². The lowest BCUT2D eigenvalue weighted by Crippen LogP contribution is -2.20. The minimum Gasteiger partial charge on any atom is -0.317 e. The molecule has 1 atom stereocenters. The third-order valence-electron chi connectivity index (χ3n) is 2.38. The third-order valence-corrected chi connectivity index (χ3v) is 3.32. The largest absolute Gasteiger partial charge is 0.317 e. The van der Waals surface area contributed by atoms with Crippen LogP contribution >= 0.6 is 11.3 Å². The van der Waals surface area contributed by atoms with E-state index >= 15 is 0 Å². The Bertz CT molecular complexity index is 206. The van der Waals surface area contributed by atoms with E-state index < -0.39 is 0 Å². The van der Waals surface area contributed by atoms with E-state index in [-0.39, 0.29) is 0 Å². The molecule has 1 aromatic heterocycles. The highest BCUT2D eigenvalue weighted by molar-refractivity contribution is 7.09. The van der Waals surface area contributed by atoms with Gasteiger partial charge in [0.2, 0.25) is 0 Å². The molecule has 0 aliphatic carbocycles. The van der Waals surface area contributed by atoms with Crippen molar-refractivity contribution >= 4 is 11.3 Å². The van der Waals surface area contributed by atoms with E-state index in [1.165, 1.54) is 30.6 Å². The number of hydrogen-bond acceptors (Lipinski definition) is 2. The quantitative estimate of drug-likeness (QED) is 0.691. The van der Waals surface area contributed by atoms with Crippen molar-refractivity contribution in [1.29, 1.82) is 0 Å². The molecule has 74 valence electrons. The van der Waals surface area contributed by atoms with Gasteiger partial charge in [0.1, 0.15) is 0 Å². The van der Waals surface area contributed by atoms with E-state index in [4.69, 9.17) is 0 Å². The second kappa shape index (κ2) is 6.17. The highest BCUT2D eigenvalue weighted by Gasteiger charge is 1.98. The van der Waals surface area contributed by atoms with Gasteiger partial charge in [-0.1, -0.05) is 12.5 Å². The number of unbranched alkanes of at least 4 members (excludes halogenated alkanes) is 1. The van der Waals surface area contributed by atoms with E-state index in [0.717, 1.165) is 0 Å². The summed E-state index contributed by atoms with van der Waals surface area (Å²) in [6, 6.07) is 5.03. The average molecular weight is 197 g/mol. The lowest BCUT2D eigenvalue weighted by molar-refractivity contribution is 0.529. The molecule has 1 N–H and O–H groups in total. The van der Waals surface area contributed by atoms with Crippen LogP contribution in [0.2, 0.25) is 0 Å². The van der Waals surface area contributed by atoms with Crippen LogP contribution in [0.15, 0.2) is 17.5 Å². The Labute approximate surface area is 85.2 Å². The summed E-state index contributed by atoms with van der Waals surface area (Å²) in [7, 11) is 2.03. The first-order chi connectivity index (χ1) is 6.33. The lowest BCUT2D eigenvalue weighted by atomic mass is 10.1. The lowest BCUT2D eigenvalue weighted by Gasteiger charge is -2.08. The molecular formula is C11H19NS. The van der Waals surface area contributed by atoms with Gasteiger partial charge in [-0.25, -0.2) is 0 Å². The summed E-state index contributed by atoms with van der Waals surface area (Å²) in [5, 5.41) is 5.42. The summed E-state index contributed by atoms with van der Waals surface area (Å²) in [5.41, 5.74) is 0. The molecule has 0 radical (unpaired) electrons. The van der Waals surface area contributed by atoms with Crippen molar-refractivity contribution in [2.45, 2.75) is 38.6 Å². The Hall–Kier alpha value is -0.340. The second-order valence-corrected chi connectivity index (χ2v) is 4.55. The molecule has 2 heteroatoms. The van der Waals surface area contributed by atoms with Crippen molar-refractivity contribution in [2.75, 3.05) is 7.05 Å². The molecule has 0 aliphatic rings. The van der Waals surface area contributed by atoms with Gasteiger partial charge in [0, 0.05) is 10.9 Å². The van der Waals surface area contributed by atoms with Crippen LogP contribution in [0.1, 0.15) is 31.1 Å². The van der Waals surface area contributed by atoms with Crippen molar-refractivity contribution in [3.63, 3.8) is 0 Å². The Balaban J connectivity index is 2.02. The number of hydrogen-bond donors (Lipinski definition) is 1. The van der Waals surface area contributed by atoms with Gasteiger partial charge in [-0.05, 0) is 44.7 Å². The number of aryl methyl sites for hydroxylation is 1. The number of nitrogens with one attached hydrogen (secondary N) is 1. The zero-order valence-corrected chi connectivity index (χ0v) is 9.36. The van der Waals surface area contributed by atoms with Gasteiger partial charge in [0.15, 0.2) is 0 Å². The first kappa shape index (κ1) is 10.7. The molecule has 1 unspecified atom stereocenters. The normalized spacial score (nSPS) is 13.1. The van der Waals surface area contributed by atoms with Crippen molar-refractivity contribution < 1.29 is 0 Å². The highest BCUT2D eigenvalue weighted by Crippen LogP contribution is 2.13. The molecule has 0 bridgehead atoms. The topological polar surface area (TPSA) is 12.0 Å². The molecule has 1 aromatic rings. The summed E-state index contributed by atoms with van der Waals surface area (Å²) in [4.78, 5) is 1.53. The summed E-state index contributed by atoms with van der Waals surface area (Å²) < 4.78 is 0. The highest BCUT2D eigenvalue weighted by atomic mass is 32.1. The SMILES string of the molecule is CNC(C)CCCCc1cccs1. The molecule has 0 saturated heterocycles. The smallest absolute Gasteiger partial charge is 0.00452 e. The van der Waals surface area contributed by atoms with Crippen LogP contribution in [0.4, 0.5) is 0 Å². The summed E-state index contributed by atoms with van der Waals surface area (Å²) in [6.45, 7) is 2.24. The van der Waals surface area contributed by atoms with Crippen LogP contribution in [0, 0.1) is 0 Å². The fourth-order valence-electron chi connectivity index (χ4n) is 1.35. The van der Waals surface area contributed by atoms with Gasteiger partial charge in [-0.15, -0.1) is 11.3 Å². The van der Waals surface area contributed by atoms with Gasteiger partial charge in [0.05, 0.1) is 0 Å². The van der Waals surface area contributed by atoms with Gasteiger partial charge in [0.25, 0.3) is 0 Å². The Morgan fingerprint density at radius 1 is 1.46 bits per heavy atom. The number of thiophene rings is 1. The van der Waals surface area contributed by atoms with Gasteiger partial charge < -0.3 is 5.32 Å². The van der Waals surface area contributed by atoms with E-state index in [9.17, 15) is 0 Å². The van der Waals surface area contributed by atoms with E-state index in [1.807, 2.05) is 18.4 Å².